The Hall–Kier alpha value is -2.02. The fraction of sp³-hybridized carbons (Fsp3) is 0.400. The van der Waals surface area contributed by atoms with Gasteiger partial charge in [-0.1, -0.05) is 24.4 Å². The van der Waals surface area contributed by atoms with Crippen molar-refractivity contribution in [3.63, 3.8) is 0 Å². The summed E-state index contributed by atoms with van der Waals surface area (Å²) in [5.74, 6) is 0.286. The van der Waals surface area contributed by atoms with Crippen LogP contribution in [0.5, 0.6) is 0 Å². The van der Waals surface area contributed by atoms with Crippen LogP contribution in [-0.2, 0) is 4.79 Å². The Morgan fingerprint density at radius 1 is 1.21 bits per heavy atom. The third-order valence-electron chi connectivity index (χ3n) is 5.71. The van der Waals surface area contributed by atoms with E-state index in [1.807, 2.05) is 0 Å². The maximum absolute atomic E-state index is 13.0. The van der Waals surface area contributed by atoms with Gasteiger partial charge in [0.25, 0.3) is 5.91 Å². The normalized spacial score (nSPS) is 23.4. The third kappa shape index (κ3) is 3.90. The molecule has 1 aromatic carbocycles. The molecule has 1 saturated carbocycles. The number of fused-ring (bicyclic) bond motifs is 1. The minimum atomic E-state index is -0.375. The second kappa shape index (κ2) is 8.55. The fourth-order valence-corrected chi connectivity index (χ4v) is 4.46. The lowest BCUT2D eigenvalue weighted by Crippen LogP contribution is -2.44. The van der Waals surface area contributed by atoms with E-state index in [0.717, 1.165) is 32.4 Å². The van der Waals surface area contributed by atoms with E-state index in [4.69, 9.17) is 16.0 Å². The second-order valence-electron chi connectivity index (χ2n) is 7.31. The van der Waals surface area contributed by atoms with E-state index in [0.29, 0.717) is 22.3 Å². The van der Waals surface area contributed by atoms with Crippen LogP contribution in [0.4, 0.5) is 11.4 Å². The van der Waals surface area contributed by atoms with Crippen LogP contribution in [0.1, 0.15) is 36.2 Å². The van der Waals surface area contributed by atoms with Crippen LogP contribution in [0.15, 0.2) is 41.0 Å². The molecule has 2 heterocycles. The Morgan fingerprint density at radius 3 is 2.82 bits per heavy atom. The van der Waals surface area contributed by atoms with Gasteiger partial charge in [-0.2, -0.15) is 0 Å². The van der Waals surface area contributed by atoms with Gasteiger partial charge in [-0.3, -0.25) is 9.59 Å². The maximum atomic E-state index is 13.0. The summed E-state index contributed by atoms with van der Waals surface area (Å²) in [6, 6.07) is 8.31. The molecule has 2 aromatic rings. The SMILES string of the molecule is Cl.O=C(Nc1ccc(NC(=O)[C@@]23CCCC[C@H]2CNC3)cc1Cl)c1ccco1. The van der Waals surface area contributed by atoms with Crippen LogP contribution in [0.3, 0.4) is 0 Å². The van der Waals surface area contributed by atoms with Crippen molar-refractivity contribution in [2.24, 2.45) is 11.3 Å². The number of hydrogen-bond acceptors (Lipinski definition) is 4. The van der Waals surface area contributed by atoms with Gasteiger partial charge in [0, 0.05) is 12.2 Å². The van der Waals surface area contributed by atoms with Gasteiger partial charge in [0.05, 0.1) is 22.4 Å². The molecule has 4 rings (SSSR count). The minimum absolute atomic E-state index is 0. The standard InChI is InChI=1S/C20H22ClN3O3.ClH/c21-15-10-14(6-7-16(15)24-18(25)17-5-3-9-27-17)23-19(26)20-8-2-1-4-13(20)11-22-12-20;/h3,5-7,9-10,13,22H,1-2,4,8,11-12H2,(H,23,26)(H,24,25);1H/t13-,20+;/m0./s1. The highest BCUT2D eigenvalue weighted by molar-refractivity contribution is 6.34. The molecule has 8 heteroatoms. The van der Waals surface area contributed by atoms with E-state index in [1.54, 1.807) is 30.3 Å². The number of benzene rings is 1. The number of furan rings is 1. The van der Waals surface area contributed by atoms with Crippen molar-refractivity contribution in [3.05, 3.63) is 47.4 Å². The highest BCUT2D eigenvalue weighted by Gasteiger charge is 2.49. The molecule has 28 heavy (non-hydrogen) atoms. The average molecular weight is 424 g/mol. The van der Waals surface area contributed by atoms with Gasteiger partial charge in [0.2, 0.25) is 5.91 Å². The molecule has 1 aliphatic carbocycles. The summed E-state index contributed by atoms with van der Waals surface area (Å²) in [6.07, 6.45) is 5.73. The number of carbonyl (C=O) groups excluding carboxylic acids is 2. The highest BCUT2D eigenvalue weighted by Crippen LogP contribution is 2.44. The number of hydrogen-bond donors (Lipinski definition) is 3. The van der Waals surface area contributed by atoms with Crippen molar-refractivity contribution >= 4 is 47.2 Å². The van der Waals surface area contributed by atoms with Crippen molar-refractivity contribution < 1.29 is 14.0 Å². The summed E-state index contributed by atoms with van der Waals surface area (Å²) in [5, 5.41) is 9.47. The van der Waals surface area contributed by atoms with Crippen molar-refractivity contribution in [2.45, 2.75) is 25.7 Å². The number of amides is 2. The van der Waals surface area contributed by atoms with Crippen molar-refractivity contribution in [2.75, 3.05) is 23.7 Å². The van der Waals surface area contributed by atoms with E-state index in [1.165, 1.54) is 12.7 Å². The first-order chi connectivity index (χ1) is 13.1. The van der Waals surface area contributed by atoms with Crippen LogP contribution in [0, 0.1) is 11.3 Å². The smallest absolute Gasteiger partial charge is 0.291 e. The molecule has 1 aliphatic heterocycles. The van der Waals surface area contributed by atoms with E-state index < -0.39 is 0 Å². The van der Waals surface area contributed by atoms with E-state index in [2.05, 4.69) is 16.0 Å². The molecule has 1 saturated heterocycles. The Kier molecular flexibility index (Phi) is 6.33. The van der Waals surface area contributed by atoms with Crippen LogP contribution in [-0.4, -0.2) is 24.9 Å². The van der Waals surface area contributed by atoms with Crippen LogP contribution >= 0.6 is 24.0 Å². The highest BCUT2D eigenvalue weighted by atomic mass is 35.5. The molecule has 0 spiro atoms. The zero-order valence-electron chi connectivity index (χ0n) is 15.3. The van der Waals surface area contributed by atoms with Gasteiger partial charge < -0.3 is 20.4 Å². The molecule has 2 amide bonds. The lowest BCUT2D eigenvalue weighted by molar-refractivity contribution is -0.128. The number of nitrogens with one attached hydrogen (secondary N) is 3. The van der Waals surface area contributed by atoms with Gasteiger partial charge in [0.1, 0.15) is 0 Å². The van der Waals surface area contributed by atoms with Crippen LogP contribution in [0.2, 0.25) is 5.02 Å². The first kappa shape index (κ1) is 20.7. The van der Waals surface area contributed by atoms with Gasteiger partial charge in [-0.05, 0) is 55.6 Å². The molecule has 0 bridgehead atoms. The summed E-state index contributed by atoms with van der Waals surface area (Å²) >= 11 is 6.30. The monoisotopic (exact) mass is 423 g/mol. The van der Waals surface area contributed by atoms with Crippen molar-refractivity contribution in [1.29, 1.82) is 0 Å². The van der Waals surface area contributed by atoms with E-state index in [9.17, 15) is 9.59 Å². The molecule has 2 fully saturated rings. The molecule has 6 nitrogen and oxygen atoms in total. The minimum Gasteiger partial charge on any atom is -0.459 e. The van der Waals surface area contributed by atoms with E-state index >= 15 is 0 Å². The summed E-state index contributed by atoms with van der Waals surface area (Å²) in [4.78, 5) is 25.1. The van der Waals surface area contributed by atoms with Gasteiger partial charge in [-0.25, -0.2) is 0 Å². The zero-order valence-corrected chi connectivity index (χ0v) is 16.9. The Balaban J connectivity index is 0.00000225. The molecule has 2 atom stereocenters. The Bertz CT molecular complexity index is 856. The summed E-state index contributed by atoms with van der Waals surface area (Å²) in [5.41, 5.74) is 0.774. The lowest BCUT2D eigenvalue weighted by atomic mass is 9.67. The number of rotatable bonds is 4. The predicted molar refractivity (Wildman–Crippen MR) is 111 cm³/mol. The van der Waals surface area contributed by atoms with Gasteiger partial charge >= 0.3 is 0 Å². The number of carbonyl (C=O) groups is 2. The molecular formula is C20H23Cl2N3O3. The first-order valence-electron chi connectivity index (χ1n) is 9.25. The Morgan fingerprint density at radius 2 is 2.07 bits per heavy atom. The van der Waals surface area contributed by atoms with Crippen LogP contribution < -0.4 is 16.0 Å². The molecule has 0 unspecified atom stereocenters. The molecule has 1 aromatic heterocycles. The maximum Gasteiger partial charge on any atom is 0.291 e. The third-order valence-corrected chi connectivity index (χ3v) is 6.02. The lowest BCUT2D eigenvalue weighted by Gasteiger charge is -2.37. The van der Waals surface area contributed by atoms with Crippen LogP contribution in [0.25, 0.3) is 0 Å². The quantitative estimate of drug-likeness (QED) is 0.683. The molecular weight excluding hydrogens is 401 g/mol. The number of anilines is 2. The topological polar surface area (TPSA) is 83.4 Å². The van der Waals surface area contributed by atoms with Crippen molar-refractivity contribution in [3.8, 4) is 0 Å². The molecule has 0 radical (unpaired) electrons. The average Bonchev–Trinajstić information content (AvgIpc) is 3.34. The van der Waals surface area contributed by atoms with Gasteiger partial charge in [-0.15, -0.1) is 12.4 Å². The Labute approximate surface area is 174 Å². The fourth-order valence-electron chi connectivity index (χ4n) is 4.23. The summed E-state index contributed by atoms with van der Waals surface area (Å²) < 4.78 is 5.07. The van der Waals surface area contributed by atoms with Crippen molar-refractivity contribution in [1.82, 2.24) is 5.32 Å². The zero-order chi connectivity index (χ0) is 18.9. The summed E-state index contributed by atoms with van der Waals surface area (Å²) in [6.45, 7) is 1.64. The molecule has 150 valence electrons. The number of halogens is 2. The van der Waals surface area contributed by atoms with E-state index in [-0.39, 0.29) is 35.4 Å². The second-order valence-corrected chi connectivity index (χ2v) is 7.72. The first-order valence-corrected chi connectivity index (χ1v) is 9.63. The van der Waals surface area contributed by atoms with Gasteiger partial charge in [0.15, 0.2) is 5.76 Å². The largest absolute Gasteiger partial charge is 0.459 e. The predicted octanol–water partition coefficient (Wildman–Crippen LogP) is 4.33. The molecule has 2 aliphatic rings. The molecule has 3 N–H and O–H groups in total. The summed E-state index contributed by atoms with van der Waals surface area (Å²) in [7, 11) is 0.